The van der Waals surface area contributed by atoms with Crippen LogP contribution in [0.1, 0.15) is 10.4 Å². The predicted molar refractivity (Wildman–Crippen MR) is 71.8 cm³/mol. The number of amides is 1. The van der Waals surface area contributed by atoms with Gasteiger partial charge in [0.05, 0.1) is 5.56 Å². The topological polar surface area (TPSA) is 124 Å². The lowest BCUT2D eigenvalue weighted by atomic mass is 10.0. The first-order valence-electron chi connectivity index (χ1n) is 5.88. The second-order valence-corrected chi connectivity index (χ2v) is 4.30. The Labute approximate surface area is 118 Å². The third-order valence-corrected chi connectivity index (χ3v) is 2.80. The molecule has 0 bridgehead atoms. The molecule has 0 saturated carbocycles. The Hall–Kier alpha value is -2.93. The summed E-state index contributed by atoms with van der Waals surface area (Å²) in [5, 5.41) is 29.9. The normalized spacial score (nSPS) is 17.8. The number of rotatable bonds is 3. The Bertz CT molecular complexity index is 671. The number of carboxylic acid groups (broad SMARTS) is 1. The minimum atomic E-state index is -1.56. The van der Waals surface area contributed by atoms with Gasteiger partial charge in [-0.15, -0.1) is 0 Å². The molecule has 108 valence electrons. The highest BCUT2D eigenvalue weighted by atomic mass is 16.4. The summed E-state index contributed by atoms with van der Waals surface area (Å²) in [4.78, 5) is 33.8. The molecule has 0 aliphatic heterocycles. The number of Topliss-reactive ketones (excluding diaryl/α,β-unsaturated/α-hetero) is 1. The molecule has 0 heterocycles. The van der Waals surface area contributed by atoms with Crippen molar-refractivity contribution in [2.45, 2.75) is 6.10 Å². The summed E-state index contributed by atoms with van der Waals surface area (Å²) < 4.78 is 0. The number of ketones is 1. The number of benzene rings is 1. The van der Waals surface area contributed by atoms with Crippen LogP contribution in [0, 0.1) is 0 Å². The van der Waals surface area contributed by atoms with Crippen LogP contribution < -0.4 is 5.32 Å². The molecule has 1 unspecified atom stereocenters. The third kappa shape index (κ3) is 3.15. The Kier molecular flexibility index (Phi) is 3.86. The van der Waals surface area contributed by atoms with Crippen LogP contribution in [-0.4, -0.2) is 39.1 Å². The number of aliphatic hydroxyl groups excluding tert-OH is 2. The molecule has 0 fully saturated rings. The number of hydrogen-bond donors (Lipinski definition) is 4. The molecular formula is C14H11NO6. The first kappa shape index (κ1) is 14.5. The van der Waals surface area contributed by atoms with Gasteiger partial charge in [-0.3, -0.25) is 9.59 Å². The van der Waals surface area contributed by atoms with Gasteiger partial charge in [0.2, 0.25) is 5.78 Å². The van der Waals surface area contributed by atoms with Crippen LogP contribution in [0.15, 0.2) is 47.7 Å². The number of carbonyl (C=O) groups is 3. The smallest absolute Gasteiger partial charge is 0.335 e. The molecule has 21 heavy (non-hydrogen) atoms. The highest BCUT2D eigenvalue weighted by molar-refractivity contribution is 6.10. The quantitative estimate of drug-likeness (QED) is 0.647. The largest absolute Gasteiger partial charge is 0.504 e. The highest BCUT2D eigenvalue weighted by Crippen LogP contribution is 2.16. The van der Waals surface area contributed by atoms with Gasteiger partial charge in [0, 0.05) is 11.3 Å². The van der Waals surface area contributed by atoms with E-state index in [2.05, 4.69) is 5.32 Å². The fourth-order valence-electron chi connectivity index (χ4n) is 1.70. The molecular weight excluding hydrogens is 278 g/mol. The lowest BCUT2D eigenvalue weighted by Gasteiger charge is -2.13. The van der Waals surface area contributed by atoms with Crippen LogP contribution in [0.2, 0.25) is 0 Å². The van der Waals surface area contributed by atoms with E-state index in [-0.39, 0.29) is 11.1 Å². The van der Waals surface area contributed by atoms with Crippen LogP contribution in [0.3, 0.4) is 0 Å². The van der Waals surface area contributed by atoms with E-state index < -0.39 is 29.5 Å². The van der Waals surface area contributed by atoms with Crippen LogP contribution in [0.5, 0.6) is 0 Å². The number of aromatic carboxylic acids is 1. The molecule has 0 saturated heterocycles. The average Bonchev–Trinajstić information content (AvgIpc) is 2.44. The standard InChI is InChI=1S/C14H11NO6/c16-10-5-8(6-11(17)12(10)18)13(19)15-9-3-1-7(2-4-9)14(20)21/h1-6,10,16-17H,(H,15,19)(H,20,21). The Morgan fingerprint density at radius 2 is 1.76 bits per heavy atom. The van der Waals surface area contributed by atoms with E-state index in [1.165, 1.54) is 24.3 Å². The summed E-state index contributed by atoms with van der Waals surface area (Å²) in [7, 11) is 0. The molecule has 1 aromatic rings. The number of anilines is 1. The van der Waals surface area contributed by atoms with Crippen molar-refractivity contribution in [1.29, 1.82) is 0 Å². The van der Waals surface area contributed by atoms with Crippen molar-refractivity contribution in [2.24, 2.45) is 0 Å². The SMILES string of the molecule is O=C(Nc1ccc(C(=O)O)cc1)C1=CC(O)C(=O)C(O)=C1. The molecule has 0 spiro atoms. The predicted octanol–water partition coefficient (Wildman–Crippen LogP) is 0.635. The van der Waals surface area contributed by atoms with Crippen LogP contribution in [0.25, 0.3) is 0 Å². The molecule has 4 N–H and O–H groups in total. The van der Waals surface area contributed by atoms with E-state index in [1.54, 1.807) is 0 Å². The van der Waals surface area contributed by atoms with Crippen LogP contribution >= 0.6 is 0 Å². The zero-order valence-electron chi connectivity index (χ0n) is 10.6. The molecule has 0 radical (unpaired) electrons. The first-order valence-corrected chi connectivity index (χ1v) is 5.88. The van der Waals surface area contributed by atoms with Crippen molar-refractivity contribution < 1.29 is 29.7 Å². The maximum atomic E-state index is 11.9. The van der Waals surface area contributed by atoms with E-state index in [9.17, 15) is 24.6 Å². The molecule has 7 nitrogen and oxygen atoms in total. The monoisotopic (exact) mass is 289 g/mol. The summed E-state index contributed by atoms with van der Waals surface area (Å²) in [5.41, 5.74) is 0.343. The van der Waals surface area contributed by atoms with Gasteiger partial charge in [-0.05, 0) is 36.4 Å². The molecule has 1 amide bonds. The van der Waals surface area contributed by atoms with Gasteiger partial charge in [0.1, 0.15) is 6.10 Å². The van der Waals surface area contributed by atoms with E-state index in [0.717, 1.165) is 12.2 Å². The first-order chi connectivity index (χ1) is 9.88. The molecule has 7 heteroatoms. The molecule has 0 aromatic heterocycles. The summed E-state index contributed by atoms with van der Waals surface area (Å²) in [6, 6.07) is 5.43. The van der Waals surface area contributed by atoms with Gasteiger partial charge in [-0.1, -0.05) is 0 Å². The lowest BCUT2D eigenvalue weighted by molar-refractivity contribution is -0.124. The van der Waals surface area contributed by atoms with Gasteiger partial charge in [-0.2, -0.15) is 0 Å². The van der Waals surface area contributed by atoms with Crippen molar-refractivity contribution in [3.63, 3.8) is 0 Å². The number of carboxylic acids is 1. The third-order valence-electron chi connectivity index (χ3n) is 2.80. The van der Waals surface area contributed by atoms with Crippen LogP contribution in [0.4, 0.5) is 5.69 Å². The minimum absolute atomic E-state index is 0.0677. The van der Waals surface area contributed by atoms with Gasteiger partial charge in [-0.25, -0.2) is 4.79 Å². The van der Waals surface area contributed by atoms with Gasteiger partial charge in [0.25, 0.3) is 5.91 Å². The molecule has 1 aromatic carbocycles. The summed E-state index contributed by atoms with van der Waals surface area (Å²) in [6.07, 6.45) is 0.407. The number of nitrogens with one attached hydrogen (secondary N) is 1. The molecule has 2 rings (SSSR count). The van der Waals surface area contributed by atoms with Crippen molar-refractivity contribution in [1.82, 2.24) is 0 Å². The highest BCUT2D eigenvalue weighted by Gasteiger charge is 2.25. The Balaban J connectivity index is 2.13. The van der Waals surface area contributed by atoms with Gasteiger partial charge < -0.3 is 20.6 Å². The fraction of sp³-hybridized carbons (Fsp3) is 0.0714. The zero-order chi connectivity index (χ0) is 15.6. The van der Waals surface area contributed by atoms with E-state index in [1.807, 2.05) is 0 Å². The number of aliphatic hydroxyl groups is 2. The maximum absolute atomic E-state index is 11.9. The van der Waals surface area contributed by atoms with E-state index in [4.69, 9.17) is 5.11 Å². The van der Waals surface area contributed by atoms with Crippen LogP contribution in [-0.2, 0) is 9.59 Å². The zero-order valence-corrected chi connectivity index (χ0v) is 10.6. The van der Waals surface area contributed by atoms with Gasteiger partial charge in [0.15, 0.2) is 5.76 Å². The van der Waals surface area contributed by atoms with Crippen molar-refractivity contribution >= 4 is 23.3 Å². The number of hydrogen-bond acceptors (Lipinski definition) is 5. The average molecular weight is 289 g/mol. The number of carbonyl (C=O) groups excluding carboxylic acids is 2. The van der Waals surface area contributed by atoms with Crippen molar-refractivity contribution in [2.75, 3.05) is 5.32 Å². The summed E-state index contributed by atoms with van der Waals surface area (Å²) >= 11 is 0. The molecule has 1 aliphatic carbocycles. The van der Waals surface area contributed by atoms with E-state index >= 15 is 0 Å². The van der Waals surface area contributed by atoms with Crippen molar-refractivity contribution in [3.8, 4) is 0 Å². The maximum Gasteiger partial charge on any atom is 0.335 e. The summed E-state index contributed by atoms with van der Waals surface area (Å²) in [6.45, 7) is 0. The molecule has 1 atom stereocenters. The Morgan fingerprint density at radius 1 is 1.14 bits per heavy atom. The van der Waals surface area contributed by atoms with Gasteiger partial charge >= 0.3 is 5.97 Å². The molecule has 1 aliphatic rings. The van der Waals surface area contributed by atoms with E-state index in [0.29, 0.717) is 5.69 Å². The summed E-state index contributed by atoms with van der Waals surface area (Å²) in [5.74, 6) is -3.30. The second kappa shape index (κ2) is 5.59. The second-order valence-electron chi connectivity index (χ2n) is 4.30. The minimum Gasteiger partial charge on any atom is -0.504 e. The Morgan fingerprint density at radius 3 is 2.29 bits per heavy atom. The van der Waals surface area contributed by atoms with Crippen molar-refractivity contribution in [3.05, 3.63) is 53.3 Å². The lowest BCUT2D eigenvalue weighted by Crippen LogP contribution is -2.26. The fourth-order valence-corrected chi connectivity index (χ4v) is 1.70.